The van der Waals surface area contributed by atoms with E-state index in [0.29, 0.717) is 11.6 Å². The average molecular weight is 385 g/mol. The van der Waals surface area contributed by atoms with Crippen LogP contribution in [0.25, 0.3) is 11.3 Å². The summed E-state index contributed by atoms with van der Waals surface area (Å²) >= 11 is 3.14. The van der Waals surface area contributed by atoms with Crippen LogP contribution < -0.4 is 5.32 Å². The Morgan fingerprint density at radius 1 is 1.23 bits per heavy atom. The summed E-state index contributed by atoms with van der Waals surface area (Å²) in [5, 5.41) is 6.03. The van der Waals surface area contributed by atoms with Crippen molar-refractivity contribution in [3.05, 3.63) is 64.2 Å². The first-order valence-corrected chi connectivity index (χ1v) is 10.5. The van der Waals surface area contributed by atoms with Gasteiger partial charge in [0.2, 0.25) is 0 Å². The lowest BCUT2D eigenvalue weighted by Gasteiger charge is -2.08. The molecule has 0 aliphatic heterocycles. The highest BCUT2D eigenvalue weighted by Crippen LogP contribution is 2.42. The normalized spacial score (nSPS) is 13.6. The fraction of sp³-hybridized carbons (Fsp3) is 0.200. The number of anilines is 1. The molecule has 4 rings (SSSR count). The van der Waals surface area contributed by atoms with Crippen molar-refractivity contribution < 1.29 is 9.18 Å². The minimum atomic E-state index is -0.513. The molecule has 1 N–H and O–H groups in total. The molecule has 0 atom stereocenters. The molecule has 1 fully saturated rings. The van der Waals surface area contributed by atoms with Crippen molar-refractivity contribution in [3.63, 3.8) is 0 Å². The summed E-state index contributed by atoms with van der Waals surface area (Å²) in [6.07, 6.45) is 4.35. The van der Waals surface area contributed by atoms with Crippen LogP contribution in [0.3, 0.4) is 0 Å². The molecule has 2 aromatic carbocycles. The van der Waals surface area contributed by atoms with Crippen LogP contribution in [0, 0.1) is 5.82 Å². The number of benzene rings is 2. The van der Waals surface area contributed by atoms with Gasteiger partial charge >= 0.3 is 0 Å². The van der Waals surface area contributed by atoms with Gasteiger partial charge in [-0.2, -0.15) is 0 Å². The summed E-state index contributed by atoms with van der Waals surface area (Å²) in [6, 6.07) is 12.1. The molecule has 0 spiro atoms. The molecule has 6 heteroatoms. The predicted molar refractivity (Wildman–Crippen MR) is 106 cm³/mol. The van der Waals surface area contributed by atoms with Crippen LogP contribution in [0.15, 0.2) is 52.7 Å². The van der Waals surface area contributed by atoms with Crippen LogP contribution in [-0.4, -0.2) is 17.1 Å². The number of hydrogen-bond acceptors (Lipinski definition) is 4. The summed E-state index contributed by atoms with van der Waals surface area (Å²) in [4.78, 5) is 17.8. The van der Waals surface area contributed by atoms with Crippen LogP contribution in [0.1, 0.15) is 34.1 Å². The number of rotatable bonds is 5. The quantitative estimate of drug-likeness (QED) is 0.565. The van der Waals surface area contributed by atoms with Crippen LogP contribution in [0.5, 0.6) is 0 Å². The molecule has 0 unspecified atom stereocenters. The second-order valence-corrected chi connectivity index (χ2v) is 7.99. The van der Waals surface area contributed by atoms with Crippen molar-refractivity contribution in [2.24, 2.45) is 0 Å². The van der Waals surface area contributed by atoms with Crippen molar-refractivity contribution >= 4 is 34.7 Å². The first-order chi connectivity index (χ1) is 12.6. The number of carbonyl (C=O) groups excluding carboxylic acids is 1. The van der Waals surface area contributed by atoms with Crippen LogP contribution in [0.4, 0.5) is 10.1 Å². The SMILES string of the molecule is CSc1ccc(C(=O)Nc2ccc(-c3csc(C4CC4)n3)cc2)c(F)c1. The van der Waals surface area contributed by atoms with Crippen molar-refractivity contribution in [1.29, 1.82) is 0 Å². The second-order valence-electron chi connectivity index (χ2n) is 6.22. The van der Waals surface area contributed by atoms with Gasteiger partial charge < -0.3 is 5.32 Å². The van der Waals surface area contributed by atoms with Gasteiger partial charge in [0, 0.05) is 27.4 Å². The van der Waals surface area contributed by atoms with Gasteiger partial charge in [-0.1, -0.05) is 12.1 Å². The fourth-order valence-corrected chi connectivity index (χ4v) is 4.09. The number of nitrogens with zero attached hydrogens (tertiary/aromatic N) is 1. The summed E-state index contributed by atoms with van der Waals surface area (Å²) in [5.41, 5.74) is 2.65. The van der Waals surface area contributed by atoms with Gasteiger partial charge in [-0.3, -0.25) is 4.79 Å². The van der Waals surface area contributed by atoms with Gasteiger partial charge in [0.15, 0.2) is 0 Å². The molecule has 1 amide bonds. The second kappa shape index (κ2) is 7.21. The minimum absolute atomic E-state index is 0.0421. The Hall–Kier alpha value is -2.18. The van der Waals surface area contributed by atoms with Gasteiger partial charge in [0.25, 0.3) is 5.91 Å². The molecule has 1 aromatic heterocycles. The lowest BCUT2D eigenvalue weighted by Crippen LogP contribution is -2.13. The third kappa shape index (κ3) is 3.66. The molecule has 0 saturated heterocycles. The Bertz CT molecular complexity index is 949. The molecule has 0 radical (unpaired) electrons. The van der Waals surface area contributed by atoms with E-state index < -0.39 is 11.7 Å². The van der Waals surface area contributed by atoms with Crippen molar-refractivity contribution in [1.82, 2.24) is 4.98 Å². The number of hydrogen-bond donors (Lipinski definition) is 1. The molecule has 26 heavy (non-hydrogen) atoms. The Labute approximate surface area is 159 Å². The van der Waals surface area contributed by atoms with Crippen LogP contribution in [-0.2, 0) is 0 Å². The van der Waals surface area contributed by atoms with Crippen LogP contribution >= 0.6 is 23.1 Å². The highest BCUT2D eigenvalue weighted by molar-refractivity contribution is 7.98. The summed E-state index contributed by atoms with van der Waals surface area (Å²) in [6.45, 7) is 0. The standard InChI is InChI=1S/C20H17FN2OS2/c1-25-15-8-9-16(17(21)10-15)19(24)22-14-6-4-12(5-7-14)18-11-26-20(23-18)13-2-3-13/h4-11,13H,2-3H2,1H3,(H,22,24). The monoisotopic (exact) mass is 384 g/mol. The maximum atomic E-state index is 14.1. The summed E-state index contributed by atoms with van der Waals surface area (Å²) < 4.78 is 14.1. The van der Waals surface area contributed by atoms with E-state index in [0.717, 1.165) is 16.2 Å². The lowest BCUT2D eigenvalue weighted by molar-refractivity contribution is 0.102. The smallest absolute Gasteiger partial charge is 0.258 e. The molecule has 3 nitrogen and oxygen atoms in total. The molecule has 3 aromatic rings. The molecule has 1 aliphatic carbocycles. The topological polar surface area (TPSA) is 42.0 Å². The van der Waals surface area contributed by atoms with Gasteiger partial charge in [-0.05, 0) is 49.4 Å². The van der Waals surface area contributed by atoms with E-state index in [1.54, 1.807) is 17.4 Å². The number of thiazole rings is 1. The van der Waals surface area contributed by atoms with Gasteiger partial charge in [-0.15, -0.1) is 23.1 Å². The fourth-order valence-electron chi connectivity index (χ4n) is 2.67. The number of aromatic nitrogens is 1. The lowest BCUT2D eigenvalue weighted by atomic mass is 10.1. The largest absolute Gasteiger partial charge is 0.322 e. The van der Waals surface area contributed by atoms with Crippen molar-refractivity contribution in [3.8, 4) is 11.3 Å². The Morgan fingerprint density at radius 2 is 2.00 bits per heavy atom. The average Bonchev–Trinajstić information content (AvgIpc) is 3.39. The summed E-state index contributed by atoms with van der Waals surface area (Å²) in [7, 11) is 0. The van der Waals surface area contributed by atoms with Crippen LogP contribution in [0.2, 0.25) is 0 Å². The zero-order valence-electron chi connectivity index (χ0n) is 14.2. The molecule has 1 aliphatic rings. The highest BCUT2D eigenvalue weighted by Gasteiger charge is 2.26. The zero-order chi connectivity index (χ0) is 18.1. The number of amides is 1. The van der Waals surface area contributed by atoms with E-state index in [4.69, 9.17) is 0 Å². The van der Waals surface area contributed by atoms with E-state index in [1.165, 1.54) is 41.7 Å². The first-order valence-electron chi connectivity index (χ1n) is 8.35. The molecular formula is C20H17FN2OS2. The van der Waals surface area contributed by atoms with Gasteiger partial charge in [0.05, 0.1) is 16.3 Å². The molecule has 0 bridgehead atoms. The van der Waals surface area contributed by atoms with Crippen molar-refractivity contribution in [2.45, 2.75) is 23.7 Å². The number of carbonyl (C=O) groups is 1. The maximum absolute atomic E-state index is 14.1. The first kappa shape index (κ1) is 17.2. The van der Waals surface area contributed by atoms with E-state index in [9.17, 15) is 9.18 Å². The van der Waals surface area contributed by atoms with E-state index in [2.05, 4.69) is 15.7 Å². The van der Waals surface area contributed by atoms with E-state index in [-0.39, 0.29) is 5.56 Å². The Morgan fingerprint density at radius 3 is 2.65 bits per heavy atom. The number of nitrogens with one attached hydrogen (secondary N) is 1. The van der Waals surface area contributed by atoms with Gasteiger partial charge in [-0.25, -0.2) is 9.37 Å². The van der Waals surface area contributed by atoms with E-state index in [1.807, 2.05) is 30.5 Å². The maximum Gasteiger partial charge on any atom is 0.258 e. The predicted octanol–water partition coefficient (Wildman–Crippen LogP) is 5.80. The molecule has 1 saturated carbocycles. The Kier molecular flexibility index (Phi) is 4.78. The number of thioether (sulfide) groups is 1. The molecule has 1 heterocycles. The zero-order valence-corrected chi connectivity index (χ0v) is 15.8. The minimum Gasteiger partial charge on any atom is -0.322 e. The highest BCUT2D eigenvalue weighted by atomic mass is 32.2. The molecule has 132 valence electrons. The number of halogens is 1. The van der Waals surface area contributed by atoms with Crippen molar-refractivity contribution in [2.75, 3.05) is 11.6 Å². The van der Waals surface area contributed by atoms with E-state index >= 15 is 0 Å². The third-order valence-electron chi connectivity index (χ3n) is 4.31. The Balaban J connectivity index is 1.47. The molecular weight excluding hydrogens is 367 g/mol. The third-order valence-corrected chi connectivity index (χ3v) is 6.04. The van der Waals surface area contributed by atoms with Gasteiger partial charge in [0.1, 0.15) is 5.82 Å². The summed E-state index contributed by atoms with van der Waals surface area (Å²) in [5.74, 6) is -0.312.